The van der Waals surface area contributed by atoms with Gasteiger partial charge in [0.2, 0.25) is 5.91 Å². The zero-order valence-corrected chi connectivity index (χ0v) is 9.15. The van der Waals surface area contributed by atoms with E-state index in [-0.39, 0.29) is 12.0 Å². The van der Waals surface area contributed by atoms with Crippen molar-refractivity contribution in [3.63, 3.8) is 0 Å². The van der Waals surface area contributed by atoms with Gasteiger partial charge in [-0.25, -0.2) is 4.79 Å². The van der Waals surface area contributed by atoms with Gasteiger partial charge >= 0.3 is 5.97 Å². The molecule has 1 heterocycles. The molecule has 0 aromatic carbocycles. The molecule has 0 radical (unpaired) electrons. The number of aliphatic carboxylic acids is 1. The summed E-state index contributed by atoms with van der Waals surface area (Å²) >= 11 is 0. The molecule has 0 bridgehead atoms. The quantitative estimate of drug-likeness (QED) is 0.655. The number of nitrogens with one attached hydrogen (secondary N) is 1. The fourth-order valence-corrected chi connectivity index (χ4v) is 1.59. The van der Waals surface area contributed by atoms with Crippen LogP contribution in [0.15, 0.2) is 12.7 Å². The smallest absolute Gasteiger partial charge is 0.332 e. The first-order chi connectivity index (χ1) is 7.63. The van der Waals surface area contributed by atoms with Crippen LogP contribution < -0.4 is 5.32 Å². The molecule has 1 aliphatic rings. The molecular weight excluding hydrogens is 210 g/mol. The normalized spacial score (nSPS) is 24.0. The molecule has 1 fully saturated rings. The number of hydrogen-bond acceptors (Lipinski definition) is 3. The van der Waals surface area contributed by atoms with Crippen molar-refractivity contribution in [1.82, 2.24) is 5.32 Å². The molecule has 0 saturated carbocycles. The van der Waals surface area contributed by atoms with E-state index in [0.29, 0.717) is 32.2 Å². The van der Waals surface area contributed by atoms with E-state index in [4.69, 9.17) is 9.84 Å². The van der Waals surface area contributed by atoms with E-state index in [2.05, 4.69) is 11.9 Å². The van der Waals surface area contributed by atoms with E-state index in [1.54, 1.807) is 6.08 Å². The Morgan fingerprint density at radius 2 is 2.25 bits per heavy atom. The first kappa shape index (κ1) is 12.7. The van der Waals surface area contributed by atoms with Crippen molar-refractivity contribution in [2.75, 3.05) is 6.54 Å². The summed E-state index contributed by atoms with van der Waals surface area (Å²) in [5, 5.41) is 11.4. The van der Waals surface area contributed by atoms with E-state index in [1.165, 1.54) is 0 Å². The van der Waals surface area contributed by atoms with Gasteiger partial charge in [0, 0.05) is 13.0 Å². The fraction of sp³-hybridized carbons (Fsp3) is 0.636. The summed E-state index contributed by atoms with van der Waals surface area (Å²) in [6.07, 6.45) is 3.06. The summed E-state index contributed by atoms with van der Waals surface area (Å²) in [5.74, 6) is -0.984. The molecule has 5 heteroatoms. The Bertz CT molecular complexity index is 277. The third kappa shape index (κ3) is 4.02. The van der Waals surface area contributed by atoms with Gasteiger partial charge in [0.1, 0.15) is 0 Å². The first-order valence-electron chi connectivity index (χ1n) is 5.39. The number of carbonyl (C=O) groups excluding carboxylic acids is 1. The Labute approximate surface area is 94.5 Å². The average molecular weight is 227 g/mol. The highest BCUT2D eigenvalue weighted by Gasteiger charge is 2.30. The molecule has 1 aliphatic heterocycles. The predicted molar refractivity (Wildman–Crippen MR) is 58.0 cm³/mol. The highest BCUT2D eigenvalue weighted by atomic mass is 16.5. The molecule has 16 heavy (non-hydrogen) atoms. The van der Waals surface area contributed by atoms with E-state index in [0.717, 1.165) is 0 Å². The van der Waals surface area contributed by atoms with Crippen LogP contribution in [-0.2, 0) is 14.3 Å². The van der Waals surface area contributed by atoms with Crippen LogP contribution in [0.3, 0.4) is 0 Å². The lowest BCUT2D eigenvalue weighted by Gasteiger charge is -2.11. The molecule has 2 N–H and O–H groups in total. The van der Waals surface area contributed by atoms with Crippen molar-refractivity contribution in [2.24, 2.45) is 0 Å². The molecule has 1 rings (SSSR count). The highest BCUT2D eigenvalue weighted by molar-refractivity contribution is 5.76. The molecule has 0 spiro atoms. The minimum Gasteiger partial charge on any atom is -0.479 e. The predicted octanol–water partition coefficient (Wildman–Crippen LogP) is 0.701. The van der Waals surface area contributed by atoms with Gasteiger partial charge in [-0.2, -0.15) is 0 Å². The first-order valence-corrected chi connectivity index (χ1v) is 5.39. The van der Waals surface area contributed by atoms with Gasteiger partial charge in [0.15, 0.2) is 6.10 Å². The van der Waals surface area contributed by atoms with Crippen LogP contribution in [0.1, 0.15) is 25.7 Å². The molecule has 1 amide bonds. The highest BCUT2D eigenvalue weighted by Crippen LogP contribution is 2.19. The van der Waals surface area contributed by atoms with Crippen LogP contribution in [0, 0.1) is 0 Å². The van der Waals surface area contributed by atoms with Gasteiger partial charge < -0.3 is 15.2 Å². The van der Waals surface area contributed by atoms with Crippen LogP contribution in [0.2, 0.25) is 0 Å². The standard InChI is InChI=1S/C11H17NO4/c1-2-3-4-10(13)12-7-8-5-6-9(16-8)11(14)15/h2,8-9H,1,3-7H2,(H,12,13)(H,14,15). The maximum Gasteiger partial charge on any atom is 0.332 e. The number of amides is 1. The van der Waals surface area contributed by atoms with Gasteiger partial charge in [-0.3, -0.25) is 4.79 Å². The lowest BCUT2D eigenvalue weighted by Crippen LogP contribution is -2.32. The molecule has 0 aliphatic carbocycles. The van der Waals surface area contributed by atoms with E-state index in [1.807, 2.05) is 0 Å². The van der Waals surface area contributed by atoms with Crippen LogP contribution in [0.4, 0.5) is 0 Å². The molecule has 0 aromatic heterocycles. The lowest BCUT2D eigenvalue weighted by atomic mass is 10.2. The number of allylic oxidation sites excluding steroid dienone is 1. The van der Waals surface area contributed by atoms with Crippen LogP contribution >= 0.6 is 0 Å². The maximum absolute atomic E-state index is 11.2. The Morgan fingerprint density at radius 3 is 2.81 bits per heavy atom. The van der Waals surface area contributed by atoms with Crippen LogP contribution in [0.5, 0.6) is 0 Å². The van der Waals surface area contributed by atoms with Crippen molar-refractivity contribution in [3.05, 3.63) is 12.7 Å². The zero-order chi connectivity index (χ0) is 12.0. The van der Waals surface area contributed by atoms with Gasteiger partial charge in [0.05, 0.1) is 6.10 Å². The second-order valence-electron chi connectivity index (χ2n) is 3.79. The van der Waals surface area contributed by atoms with Crippen molar-refractivity contribution in [2.45, 2.75) is 37.9 Å². The molecule has 90 valence electrons. The summed E-state index contributed by atoms with van der Waals surface area (Å²) in [6.45, 7) is 3.92. The molecule has 1 saturated heterocycles. The minimum absolute atomic E-state index is 0.0534. The number of ether oxygens (including phenoxy) is 1. The number of carbonyl (C=O) groups is 2. The number of carboxylic acid groups (broad SMARTS) is 1. The van der Waals surface area contributed by atoms with Crippen molar-refractivity contribution in [3.8, 4) is 0 Å². The van der Waals surface area contributed by atoms with E-state index < -0.39 is 12.1 Å². The lowest BCUT2D eigenvalue weighted by molar-refractivity contribution is -0.149. The van der Waals surface area contributed by atoms with E-state index >= 15 is 0 Å². The molecular formula is C11H17NO4. The monoisotopic (exact) mass is 227 g/mol. The fourth-order valence-electron chi connectivity index (χ4n) is 1.59. The Hall–Kier alpha value is -1.36. The molecule has 2 unspecified atom stereocenters. The summed E-state index contributed by atoms with van der Waals surface area (Å²) in [7, 11) is 0. The Kier molecular flexibility index (Phi) is 4.98. The Morgan fingerprint density at radius 1 is 1.50 bits per heavy atom. The molecule has 0 aromatic rings. The van der Waals surface area contributed by atoms with Crippen molar-refractivity contribution < 1.29 is 19.4 Å². The number of hydrogen-bond donors (Lipinski definition) is 2. The van der Waals surface area contributed by atoms with Crippen molar-refractivity contribution >= 4 is 11.9 Å². The minimum atomic E-state index is -0.930. The summed E-state index contributed by atoms with van der Waals surface area (Å²) in [6, 6.07) is 0. The maximum atomic E-state index is 11.2. The van der Waals surface area contributed by atoms with Gasteiger partial charge in [0.25, 0.3) is 0 Å². The SMILES string of the molecule is C=CCCC(=O)NCC1CCC(C(=O)O)O1. The zero-order valence-electron chi connectivity index (χ0n) is 9.15. The van der Waals surface area contributed by atoms with Gasteiger partial charge in [-0.15, -0.1) is 6.58 Å². The van der Waals surface area contributed by atoms with Gasteiger partial charge in [-0.1, -0.05) is 6.08 Å². The number of rotatable bonds is 6. The summed E-state index contributed by atoms with van der Waals surface area (Å²) in [5.41, 5.74) is 0. The largest absolute Gasteiger partial charge is 0.479 e. The third-order valence-electron chi connectivity index (χ3n) is 2.49. The average Bonchev–Trinajstić information content (AvgIpc) is 2.72. The topological polar surface area (TPSA) is 75.6 Å². The van der Waals surface area contributed by atoms with E-state index in [9.17, 15) is 9.59 Å². The summed E-state index contributed by atoms with van der Waals surface area (Å²) < 4.78 is 5.24. The molecule has 2 atom stereocenters. The second kappa shape index (κ2) is 6.27. The van der Waals surface area contributed by atoms with Crippen LogP contribution in [0.25, 0.3) is 0 Å². The summed E-state index contributed by atoms with van der Waals surface area (Å²) in [4.78, 5) is 21.8. The van der Waals surface area contributed by atoms with Crippen molar-refractivity contribution in [1.29, 1.82) is 0 Å². The Balaban J connectivity index is 2.17. The third-order valence-corrected chi connectivity index (χ3v) is 2.49. The number of carboxylic acids is 1. The second-order valence-corrected chi connectivity index (χ2v) is 3.79. The van der Waals surface area contributed by atoms with Gasteiger partial charge in [-0.05, 0) is 19.3 Å². The molecule has 5 nitrogen and oxygen atoms in total. The van der Waals surface area contributed by atoms with Crippen LogP contribution in [-0.4, -0.2) is 35.7 Å².